The molecule has 0 aliphatic rings. The van der Waals surface area contributed by atoms with Crippen LogP contribution in [0.1, 0.15) is 5.56 Å². The van der Waals surface area contributed by atoms with E-state index in [-0.39, 0.29) is 24.1 Å². The maximum absolute atomic E-state index is 12.8. The number of rotatable bonds is 2. The molecule has 0 saturated carbocycles. The van der Waals surface area contributed by atoms with Crippen molar-refractivity contribution >= 4 is 11.9 Å². The summed E-state index contributed by atoms with van der Waals surface area (Å²) >= 11 is 0. The fraction of sp³-hybridized carbons (Fsp3) is 0.200. The SMILES string of the molecule is CN(C(=N)N)C(=O)Cc1cccc(F)c1. The van der Waals surface area contributed by atoms with Crippen LogP contribution in [0.5, 0.6) is 0 Å². The zero-order chi connectivity index (χ0) is 11.4. The molecule has 15 heavy (non-hydrogen) atoms. The highest BCUT2D eigenvalue weighted by Gasteiger charge is 2.11. The fourth-order valence-corrected chi connectivity index (χ4v) is 1.07. The normalized spacial score (nSPS) is 9.73. The number of nitrogens with one attached hydrogen (secondary N) is 1. The summed E-state index contributed by atoms with van der Waals surface area (Å²) in [5, 5.41) is 7.05. The molecule has 3 N–H and O–H groups in total. The van der Waals surface area contributed by atoms with Crippen LogP contribution in [0.4, 0.5) is 4.39 Å². The summed E-state index contributed by atoms with van der Waals surface area (Å²) in [7, 11) is 1.41. The summed E-state index contributed by atoms with van der Waals surface area (Å²) in [5.74, 6) is -1.05. The van der Waals surface area contributed by atoms with Crippen LogP contribution in [-0.2, 0) is 11.2 Å². The molecule has 1 aromatic rings. The first-order chi connectivity index (χ1) is 7.00. The summed E-state index contributed by atoms with van der Waals surface area (Å²) in [6.07, 6.45) is 0.0356. The van der Waals surface area contributed by atoms with Gasteiger partial charge in [0.05, 0.1) is 6.42 Å². The Kier molecular flexibility index (Phi) is 3.38. The molecule has 0 fully saturated rings. The van der Waals surface area contributed by atoms with Crippen LogP contribution in [0.25, 0.3) is 0 Å². The molecule has 0 bridgehead atoms. The van der Waals surface area contributed by atoms with Crippen LogP contribution < -0.4 is 5.73 Å². The highest BCUT2D eigenvalue weighted by Crippen LogP contribution is 2.05. The number of hydrogen-bond donors (Lipinski definition) is 2. The molecule has 0 unspecified atom stereocenters. The Balaban J connectivity index is 2.70. The minimum absolute atomic E-state index is 0.0356. The predicted octanol–water partition coefficient (Wildman–Crippen LogP) is 0.720. The second-order valence-corrected chi connectivity index (χ2v) is 3.14. The van der Waals surface area contributed by atoms with Crippen molar-refractivity contribution in [2.45, 2.75) is 6.42 Å². The number of nitrogens with two attached hydrogens (primary N) is 1. The average molecular weight is 209 g/mol. The van der Waals surface area contributed by atoms with Crippen molar-refractivity contribution < 1.29 is 9.18 Å². The van der Waals surface area contributed by atoms with Crippen LogP contribution in [-0.4, -0.2) is 23.8 Å². The van der Waals surface area contributed by atoms with E-state index in [9.17, 15) is 9.18 Å². The third-order valence-corrected chi connectivity index (χ3v) is 1.98. The molecule has 0 radical (unpaired) electrons. The number of nitrogens with zero attached hydrogens (tertiary/aromatic N) is 1. The molecule has 1 rings (SSSR count). The molecule has 0 aromatic heterocycles. The summed E-state index contributed by atoms with van der Waals surface area (Å²) in [4.78, 5) is 12.5. The van der Waals surface area contributed by atoms with Gasteiger partial charge >= 0.3 is 0 Å². The Morgan fingerprint density at radius 2 is 2.27 bits per heavy atom. The van der Waals surface area contributed by atoms with E-state index in [0.717, 1.165) is 4.90 Å². The Hall–Kier alpha value is -1.91. The smallest absolute Gasteiger partial charge is 0.233 e. The van der Waals surface area contributed by atoms with Gasteiger partial charge in [-0.05, 0) is 17.7 Å². The van der Waals surface area contributed by atoms with Gasteiger partial charge in [0.2, 0.25) is 5.91 Å². The summed E-state index contributed by atoms with van der Waals surface area (Å²) < 4.78 is 12.8. The van der Waals surface area contributed by atoms with Crippen LogP contribution >= 0.6 is 0 Å². The highest BCUT2D eigenvalue weighted by atomic mass is 19.1. The Morgan fingerprint density at radius 3 is 2.80 bits per heavy atom. The molecule has 0 aliphatic carbocycles. The molecular weight excluding hydrogens is 197 g/mol. The summed E-state index contributed by atoms with van der Waals surface area (Å²) in [6, 6.07) is 5.77. The van der Waals surface area contributed by atoms with E-state index < -0.39 is 0 Å². The van der Waals surface area contributed by atoms with Crippen molar-refractivity contribution in [3.8, 4) is 0 Å². The number of likely N-dealkylation sites (N-methyl/N-ethyl adjacent to an activating group) is 1. The second kappa shape index (κ2) is 4.54. The molecule has 0 atom stereocenters. The quantitative estimate of drug-likeness (QED) is 0.556. The number of carbonyl (C=O) groups excluding carboxylic acids is 1. The first kappa shape index (κ1) is 11.2. The zero-order valence-corrected chi connectivity index (χ0v) is 8.33. The van der Waals surface area contributed by atoms with E-state index in [2.05, 4.69) is 0 Å². The van der Waals surface area contributed by atoms with Crippen LogP contribution in [0.3, 0.4) is 0 Å². The fourth-order valence-electron chi connectivity index (χ4n) is 1.07. The van der Waals surface area contributed by atoms with E-state index in [1.165, 1.54) is 25.2 Å². The number of benzene rings is 1. The molecule has 0 spiro atoms. The van der Waals surface area contributed by atoms with Crippen molar-refractivity contribution in [1.82, 2.24) is 4.90 Å². The van der Waals surface area contributed by atoms with Crippen LogP contribution in [0, 0.1) is 11.2 Å². The van der Waals surface area contributed by atoms with Gasteiger partial charge in [-0.3, -0.25) is 15.1 Å². The van der Waals surface area contributed by atoms with Crippen molar-refractivity contribution in [2.75, 3.05) is 7.05 Å². The van der Waals surface area contributed by atoms with E-state index >= 15 is 0 Å². The minimum atomic E-state index is -0.384. The lowest BCUT2D eigenvalue weighted by molar-refractivity contribution is -0.125. The van der Waals surface area contributed by atoms with Gasteiger partial charge in [0.25, 0.3) is 0 Å². The van der Waals surface area contributed by atoms with Crippen molar-refractivity contribution in [1.29, 1.82) is 5.41 Å². The number of halogens is 1. The Bertz CT molecular complexity index is 392. The zero-order valence-electron chi connectivity index (χ0n) is 8.33. The van der Waals surface area contributed by atoms with Gasteiger partial charge in [-0.2, -0.15) is 0 Å². The molecule has 0 heterocycles. The average Bonchev–Trinajstić information content (AvgIpc) is 2.16. The van der Waals surface area contributed by atoms with Crippen molar-refractivity contribution in [3.63, 3.8) is 0 Å². The molecule has 5 heteroatoms. The third kappa shape index (κ3) is 3.05. The van der Waals surface area contributed by atoms with Crippen LogP contribution in [0.15, 0.2) is 24.3 Å². The molecule has 0 saturated heterocycles. The number of hydrogen-bond acceptors (Lipinski definition) is 2. The van der Waals surface area contributed by atoms with E-state index in [4.69, 9.17) is 11.1 Å². The van der Waals surface area contributed by atoms with Crippen molar-refractivity contribution in [2.24, 2.45) is 5.73 Å². The minimum Gasteiger partial charge on any atom is -0.370 e. The topological polar surface area (TPSA) is 70.2 Å². The highest BCUT2D eigenvalue weighted by molar-refractivity contribution is 5.95. The van der Waals surface area contributed by atoms with Gasteiger partial charge in [-0.15, -0.1) is 0 Å². The first-order valence-corrected chi connectivity index (χ1v) is 4.35. The van der Waals surface area contributed by atoms with E-state index in [1.54, 1.807) is 6.07 Å². The lowest BCUT2D eigenvalue weighted by Gasteiger charge is -2.14. The van der Waals surface area contributed by atoms with Gasteiger partial charge < -0.3 is 5.73 Å². The number of amides is 1. The summed E-state index contributed by atoms with van der Waals surface area (Å²) in [5.41, 5.74) is 5.70. The standard InChI is InChI=1S/C10H12FN3O/c1-14(10(12)13)9(15)6-7-3-2-4-8(11)5-7/h2-5H,6H2,1H3,(H3,12,13). The van der Waals surface area contributed by atoms with Gasteiger partial charge in [0.1, 0.15) is 5.82 Å². The number of carbonyl (C=O) groups is 1. The maximum Gasteiger partial charge on any atom is 0.233 e. The largest absolute Gasteiger partial charge is 0.370 e. The molecule has 4 nitrogen and oxygen atoms in total. The van der Waals surface area contributed by atoms with E-state index in [1.807, 2.05) is 0 Å². The van der Waals surface area contributed by atoms with Gasteiger partial charge in [0, 0.05) is 7.05 Å². The Labute approximate surface area is 87.0 Å². The van der Waals surface area contributed by atoms with Crippen LogP contribution in [0.2, 0.25) is 0 Å². The molecule has 1 aromatic carbocycles. The molecule has 0 aliphatic heterocycles. The Morgan fingerprint density at radius 1 is 1.60 bits per heavy atom. The molecular formula is C10H12FN3O. The number of guanidine groups is 1. The van der Waals surface area contributed by atoms with Gasteiger partial charge in [0.15, 0.2) is 5.96 Å². The first-order valence-electron chi connectivity index (χ1n) is 4.35. The predicted molar refractivity (Wildman–Crippen MR) is 54.8 cm³/mol. The molecule has 1 amide bonds. The lowest BCUT2D eigenvalue weighted by Crippen LogP contribution is -2.38. The van der Waals surface area contributed by atoms with Crippen molar-refractivity contribution in [3.05, 3.63) is 35.6 Å². The van der Waals surface area contributed by atoms with E-state index in [0.29, 0.717) is 5.56 Å². The molecule has 80 valence electrons. The monoisotopic (exact) mass is 209 g/mol. The third-order valence-electron chi connectivity index (χ3n) is 1.98. The van der Waals surface area contributed by atoms with Gasteiger partial charge in [-0.25, -0.2) is 4.39 Å². The second-order valence-electron chi connectivity index (χ2n) is 3.14. The summed E-state index contributed by atoms with van der Waals surface area (Å²) in [6.45, 7) is 0. The lowest BCUT2D eigenvalue weighted by atomic mass is 10.1. The van der Waals surface area contributed by atoms with Gasteiger partial charge in [-0.1, -0.05) is 12.1 Å². The maximum atomic E-state index is 12.8.